The van der Waals surface area contributed by atoms with Gasteiger partial charge in [0.1, 0.15) is 10.7 Å². The van der Waals surface area contributed by atoms with E-state index in [-0.39, 0.29) is 11.7 Å². The fourth-order valence-electron chi connectivity index (χ4n) is 1.52. The highest BCUT2D eigenvalue weighted by molar-refractivity contribution is 7.98. The Morgan fingerprint density at radius 2 is 2.35 bits per heavy atom. The van der Waals surface area contributed by atoms with E-state index in [1.54, 1.807) is 18.9 Å². The van der Waals surface area contributed by atoms with E-state index in [4.69, 9.17) is 10.5 Å². The number of thiazole rings is 1. The van der Waals surface area contributed by atoms with E-state index >= 15 is 0 Å². The zero-order chi connectivity index (χ0) is 15.0. The number of amides is 1. The number of aromatic nitrogens is 1. The van der Waals surface area contributed by atoms with E-state index in [0.717, 1.165) is 5.75 Å². The maximum absolute atomic E-state index is 12.0. The average Bonchev–Trinajstić information content (AvgIpc) is 2.78. The number of nitrogens with two attached hydrogens (primary N) is 1. The molecule has 0 spiro atoms. The van der Waals surface area contributed by atoms with Gasteiger partial charge in [-0.1, -0.05) is 18.3 Å². The number of carbonyl (C=O) groups excluding carboxylic acids is 1. The highest BCUT2D eigenvalue weighted by atomic mass is 32.2. The predicted molar refractivity (Wildman–Crippen MR) is 86.8 cm³/mol. The van der Waals surface area contributed by atoms with Crippen molar-refractivity contribution < 1.29 is 9.53 Å². The quantitative estimate of drug-likeness (QED) is 0.598. The van der Waals surface area contributed by atoms with Crippen LogP contribution in [0.1, 0.15) is 16.6 Å². The molecule has 0 aromatic carbocycles. The molecule has 0 saturated heterocycles. The summed E-state index contributed by atoms with van der Waals surface area (Å²) in [6.45, 7) is 3.95. The molecular formula is C12H22N4O2S2. The summed E-state index contributed by atoms with van der Waals surface area (Å²) in [5.74, 6) is 1.56. The van der Waals surface area contributed by atoms with Crippen molar-refractivity contribution in [1.82, 2.24) is 10.3 Å². The number of rotatable bonds is 9. The third-order valence-electron chi connectivity index (χ3n) is 2.50. The molecule has 1 rings (SSSR count). The summed E-state index contributed by atoms with van der Waals surface area (Å²) < 4.78 is 4.94. The van der Waals surface area contributed by atoms with Gasteiger partial charge in [0.25, 0.3) is 5.91 Å². The predicted octanol–water partition coefficient (Wildman–Crippen LogP) is 1.51. The number of anilines is 2. The normalized spacial score (nSPS) is 12.2. The van der Waals surface area contributed by atoms with Gasteiger partial charge in [-0.3, -0.25) is 4.79 Å². The molecular weight excluding hydrogens is 296 g/mol. The molecule has 0 radical (unpaired) electrons. The molecule has 8 heteroatoms. The fraction of sp³-hybridized carbons (Fsp3) is 0.667. The van der Waals surface area contributed by atoms with Crippen LogP contribution in [0.5, 0.6) is 0 Å². The van der Waals surface area contributed by atoms with Gasteiger partial charge in [-0.25, -0.2) is 4.98 Å². The first-order chi connectivity index (χ1) is 9.58. The van der Waals surface area contributed by atoms with Crippen LogP contribution in [0.3, 0.4) is 0 Å². The van der Waals surface area contributed by atoms with Gasteiger partial charge in [-0.2, -0.15) is 11.8 Å². The van der Waals surface area contributed by atoms with Crippen LogP contribution in [0.2, 0.25) is 0 Å². The molecule has 0 aliphatic carbocycles. The van der Waals surface area contributed by atoms with Crippen LogP contribution in [0, 0.1) is 5.92 Å². The van der Waals surface area contributed by atoms with E-state index in [1.165, 1.54) is 11.3 Å². The Morgan fingerprint density at radius 1 is 1.60 bits per heavy atom. The van der Waals surface area contributed by atoms with Crippen molar-refractivity contribution in [2.75, 3.05) is 49.9 Å². The number of nitrogens with zero attached hydrogens (tertiary/aromatic N) is 1. The second-order valence-electron chi connectivity index (χ2n) is 4.42. The van der Waals surface area contributed by atoms with Gasteiger partial charge in [0.05, 0.1) is 6.61 Å². The lowest BCUT2D eigenvalue weighted by Crippen LogP contribution is -2.29. The molecule has 0 aliphatic rings. The lowest BCUT2D eigenvalue weighted by Gasteiger charge is -2.10. The summed E-state index contributed by atoms with van der Waals surface area (Å²) in [7, 11) is 1.63. The van der Waals surface area contributed by atoms with Gasteiger partial charge in [0, 0.05) is 20.2 Å². The Kier molecular flexibility index (Phi) is 7.71. The van der Waals surface area contributed by atoms with Crippen molar-refractivity contribution in [3.8, 4) is 0 Å². The van der Waals surface area contributed by atoms with Crippen LogP contribution < -0.4 is 16.4 Å². The van der Waals surface area contributed by atoms with E-state index in [1.807, 2.05) is 0 Å². The van der Waals surface area contributed by atoms with Gasteiger partial charge in [0.15, 0.2) is 5.13 Å². The fourth-order valence-corrected chi connectivity index (χ4v) is 3.03. The summed E-state index contributed by atoms with van der Waals surface area (Å²) in [5.41, 5.74) is 5.77. The summed E-state index contributed by atoms with van der Waals surface area (Å²) >= 11 is 3.03. The van der Waals surface area contributed by atoms with Gasteiger partial charge >= 0.3 is 0 Å². The van der Waals surface area contributed by atoms with Crippen LogP contribution in [0.25, 0.3) is 0 Å². The van der Waals surface area contributed by atoms with Crippen LogP contribution in [0.4, 0.5) is 10.9 Å². The number of carbonyl (C=O) groups is 1. The summed E-state index contributed by atoms with van der Waals surface area (Å²) in [6.07, 6.45) is 2.05. The van der Waals surface area contributed by atoms with Gasteiger partial charge in [0.2, 0.25) is 0 Å². The second kappa shape index (κ2) is 9.04. The second-order valence-corrected chi connectivity index (χ2v) is 6.33. The Bertz CT molecular complexity index is 426. The minimum Gasteiger partial charge on any atom is -0.383 e. The summed E-state index contributed by atoms with van der Waals surface area (Å²) in [4.78, 5) is 16.6. The number of hydrogen-bond acceptors (Lipinski definition) is 7. The van der Waals surface area contributed by atoms with Crippen molar-refractivity contribution in [3.05, 3.63) is 4.88 Å². The molecule has 0 saturated carbocycles. The van der Waals surface area contributed by atoms with Crippen LogP contribution in [-0.4, -0.2) is 49.7 Å². The van der Waals surface area contributed by atoms with Gasteiger partial charge < -0.3 is 21.1 Å². The van der Waals surface area contributed by atoms with Crippen molar-refractivity contribution in [3.63, 3.8) is 0 Å². The third-order valence-corrected chi connectivity index (χ3v) is 4.43. The Balaban J connectivity index is 2.51. The molecule has 114 valence electrons. The molecule has 0 fully saturated rings. The molecule has 0 aliphatic heterocycles. The van der Waals surface area contributed by atoms with E-state index < -0.39 is 0 Å². The number of nitrogens with one attached hydrogen (secondary N) is 2. The highest BCUT2D eigenvalue weighted by Gasteiger charge is 2.16. The molecule has 20 heavy (non-hydrogen) atoms. The molecule has 0 bridgehead atoms. The first-order valence-electron chi connectivity index (χ1n) is 6.34. The molecule has 1 aromatic heterocycles. The van der Waals surface area contributed by atoms with Crippen LogP contribution >= 0.6 is 23.1 Å². The maximum Gasteiger partial charge on any atom is 0.265 e. The molecule has 6 nitrogen and oxygen atoms in total. The minimum atomic E-state index is -0.159. The molecule has 1 unspecified atom stereocenters. The molecule has 1 aromatic rings. The summed E-state index contributed by atoms with van der Waals surface area (Å²) in [6, 6.07) is 0. The average molecular weight is 318 g/mol. The van der Waals surface area contributed by atoms with Crippen molar-refractivity contribution in [1.29, 1.82) is 0 Å². The Hall–Kier alpha value is -0.990. The van der Waals surface area contributed by atoms with E-state index in [9.17, 15) is 4.79 Å². The first kappa shape index (κ1) is 17.1. The molecule has 1 heterocycles. The number of nitrogen functional groups attached to an aromatic ring is 1. The molecule has 1 amide bonds. The van der Waals surface area contributed by atoms with Crippen molar-refractivity contribution in [2.45, 2.75) is 6.92 Å². The number of methoxy groups -OCH3 is 1. The Labute approximate surface area is 127 Å². The van der Waals surface area contributed by atoms with Crippen LogP contribution in [0.15, 0.2) is 0 Å². The van der Waals surface area contributed by atoms with Crippen LogP contribution in [-0.2, 0) is 4.74 Å². The Morgan fingerprint density at radius 3 is 3.00 bits per heavy atom. The minimum absolute atomic E-state index is 0.159. The molecule has 1 atom stereocenters. The zero-order valence-corrected chi connectivity index (χ0v) is 13.7. The largest absolute Gasteiger partial charge is 0.383 e. The number of ether oxygens (including phenoxy) is 1. The lowest BCUT2D eigenvalue weighted by molar-refractivity contribution is 0.0954. The standard InChI is InChI=1S/C12H22N4O2S2/c1-8(7-19-3)6-15-11(17)9-10(13)16-12(20-9)14-4-5-18-2/h8H,4-7,13H2,1-3H3,(H,14,16)(H,15,17). The number of hydrogen-bond donors (Lipinski definition) is 3. The third kappa shape index (κ3) is 5.56. The lowest BCUT2D eigenvalue weighted by atomic mass is 10.2. The highest BCUT2D eigenvalue weighted by Crippen LogP contribution is 2.24. The zero-order valence-electron chi connectivity index (χ0n) is 12.1. The van der Waals surface area contributed by atoms with E-state index in [0.29, 0.717) is 35.6 Å². The summed E-state index contributed by atoms with van der Waals surface area (Å²) in [5, 5.41) is 6.60. The van der Waals surface area contributed by atoms with E-state index in [2.05, 4.69) is 28.8 Å². The van der Waals surface area contributed by atoms with Crippen molar-refractivity contribution in [2.24, 2.45) is 5.92 Å². The first-order valence-corrected chi connectivity index (χ1v) is 8.55. The topological polar surface area (TPSA) is 89.3 Å². The SMILES string of the molecule is COCCNc1nc(N)c(C(=O)NCC(C)CSC)s1. The number of thioether (sulfide) groups is 1. The van der Waals surface area contributed by atoms with Gasteiger partial charge in [-0.05, 0) is 17.9 Å². The maximum atomic E-state index is 12.0. The smallest absolute Gasteiger partial charge is 0.265 e. The van der Waals surface area contributed by atoms with Gasteiger partial charge in [-0.15, -0.1) is 0 Å². The molecule has 4 N–H and O–H groups in total. The monoisotopic (exact) mass is 318 g/mol. The van der Waals surface area contributed by atoms with Crippen molar-refractivity contribution >= 4 is 40.0 Å².